The first-order valence-corrected chi connectivity index (χ1v) is 6.79. The molecule has 1 aromatic carbocycles. The van der Waals surface area contributed by atoms with E-state index in [4.69, 9.17) is 23.2 Å². The van der Waals surface area contributed by atoms with Crippen LogP contribution in [0.1, 0.15) is 11.3 Å². The fourth-order valence-corrected chi connectivity index (χ4v) is 2.35. The highest BCUT2D eigenvalue weighted by Crippen LogP contribution is 2.37. The Morgan fingerprint density at radius 3 is 2.43 bits per heavy atom. The van der Waals surface area contributed by atoms with E-state index in [1.165, 1.54) is 12.1 Å². The Morgan fingerprint density at radius 2 is 1.95 bits per heavy atom. The lowest BCUT2D eigenvalue weighted by Gasteiger charge is -2.12. The normalized spacial score (nSPS) is 11.0. The van der Waals surface area contributed by atoms with Crippen LogP contribution in [0, 0.1) is 6.92 Å². The molecule has 8 heteroatoms. The number of hydrogen-bond donors (Lipinski definition) is 1. The summed E-state index contributed by atoms with van der Waals surface area (Å²) in [4.78, 5) is 0. The number of benzene rings is 1. The summed E-state index contributed by atoms with van der Waals surface area (Å²) in [7, 11) is 1.85. The Hall–Kier alpha value is -1.53. The molecule has 0 bridgehead atoms. The van der Waals surface area contributed by atoms with Gasteiger partial charge in [-0.15, -0.1) is 0 Å². The van der Waals surface area contributed by atoms with Crippen molar-refractivity contribution in [3.63, 3.8) is 0 Å². The van der Waals surface area contributed by atoms with Crippen LogP contribution in [0.2, 0.25) is 10.0 Å². The van der Waals surface area contributed by atoms with Crippen molar-refractivity contribution in [2.75, 3.05) is 5.32 Å². The van der Waals surface area contributed by atoms with Gasteiger partial charge in [0.1, 0.15) is 0 Å². The lowest BCUT2D eigenvalue weighted by Crippen LogP contribution is -2.05. The van der Waals surface area contributed by atoms with Crippen LogP contribution < -0.4 is 10.1 Å². The Balaban J connectivity index is 2.13. The van der Waals surface area contributed by atoms with E-state index in [1.54, 1.807) is 10.9 Å². The molecule has 21 heavy (non-hydrogen) atoms. The first-order valence-electron chi connectivity index (χ1n) is 6.03. The Bertz CT molecular complexity index is 623. The van der Waals surface area contributed by atoms with Gasteiger partial charge in [0.15, 0.2) is 5.75 Å². The molecule has 0 aliphatic carbocycles. The molecule has 0 unspecified atom stereocenters. The molecule has 2 rings (SSSR count). The second kappa shape index (κ2) is 6.49. The molecule has 0 saturated carbocycles. The molecule has 2 aromatic rings. The molecule has 1 heterocycles. The van der Waals surface area contributed by atoms with E-state index in [0.29, 0.717) is 12.2 Å². The van der Waals surface area contributed by atoms with Crippen molar-refractivity contribution in [2.45, 2.75) is 20.1 Å². The summed E-state index contributed by atoms with van der Waals surface area (Å²) >= 11 is 11.8. The summed E-state index contributed by atoms with van der Waals surface area (Å²) in [6.45, 7) is -0.512. The zero-order chi connectivity index (χ0) is 15.6. The fraction of sp³-hybridized carbons (Fsp3) is 0.308. The molecular weight excluding hydrogens is 323 g/mol. The van der Waals surface area contributed by atoms with Gasteiger partial charge in [-0.2, -0.15) is 13.9 Å². The van der Waals surface area contributed by atoms with Gasteiger partial charge in [0, 0.05) is 30.5 Å². The van der Waals surface area contributed by atoms with E-state index < -0.39 is 6.61 Å². The topological polar surface area (TPSA) is 39.1 Å². The van der Waals surface area contributed by atoms with Crippen LogP contribution in [0.15, 0.2) is 18.3 Å². The maximum Gasteiger partial charge on any atom is 0.387 e. The lowest BCUT2D eigenvalue weighted by atomic mass is 10.2. The molecule has 0 amide bonds. The molecule has 0 aliphatic heterocycles. The first-order chi connectivity index (χ1) is 9.88. The van der Waals surface area contributed by atoms with Crippen molar-refractivity contribution in [1.29, 1.82) is 0 Å². The zero-order valence-electron chi connectivity index (χ0n) is 11.3. The summed E-state index contributed by atoms with van der Waals surface area (Å²) < 4.78 is 30.5. The number of rotatable bonds is 5. The van der Waals surface area contributed by atoms with E-state index in [-0.39, 0.29) is 15.8 Å². The van der Waals surface area contributed by atoms with Gasteiger partial charge in [0.2, 0.25) is 0 Å². The molecule has 1 aromatic heterocycles. The van der Waals surface area contributed by atoms with Gasteiger partial charge in [-0.25, -0.2) is 0 Å². The van der Waals surface area contributed by atoms with E-state index in [1.807, 2.05) is 14.0 Å². The van der Waals surface area contributed by atoms with Crippen molar-refractivity contribution >= 4 is 28.9 Å². The maximum atomic E-state index is 12.2. The van der Waals surface area contributed by atoms with Gasteiger partial charge < -0.3 is 10.1 Å². The highest BCUT2D eigenvalue weighted by atomic mass is 35.5. The summed E-state index contributed by atoms with van der Waals surface area (Å²) in [6.07, 6.45) is 1.75. The number of ether oxygens (including phenoxy) is 1. The summed E-state index contributed by atoms with van der Waals surface area (Å²) in [6, 6.07) is 2.97. The van der Waals surface area contributed by atoms with Crippen molar-refractivity contribution in [2.24, 2.45) is 7.05 Å². The Kier molecular flexibility index (Phi) is 4.90. The van der Waals surface area contributed by atoms with Gasteiger partial charge >= 0.3 is 6.61 Å². The summed E-state index contributed by atoms with van der Waals surface area (Å²) in [5, 5.41) is 7.29. The highest BCUT2D eigenvalue weighted by molar-refractivity contribution is 6.37. The number of nitrogens with one attached hydrogen (secondary N) is 1. The first kappa shape index (κ1) is 15.9. The number of aromatic nitrogens is 2. The molecule has 0 radical (unpaired) electrons. The van der Waals surface area contributed by atoms with Gasteiger partial charge in [-0.05, 0) is 19.1 Å². The monoisotopic (exact) mass is 335 g/mol. The number of hydrogen-bond acceptors (Lipinski definition) is 3. The van der Waals surface area contributed by atoms with Crippen LogP contribution >= 0.6 is 23.2 Å². The quantitative estimate of drug-likeness (QED) is 0.887. The molecule has 0 atom stereocenters. The second-order valence-electron chi connectivity index (χ2n) is 4.38. The number of anilines is 1. The van der Waals surface area contributed by atoms with Gasteiger partial charge in [0.05, 0.1) is 16.2 Å². The van der Waals surface area contributed by atoms with Crippen LogP contribution in [0.25, 0.3) is 0 Å². The Morgan fingerprint density at radius 1 is 1.33 bits per heavy atom. The van der Waals surface area contributed by atoms with Crippen molar-refractivity contribution in [3.05, 3.63) is 39.6 Å². The molecule has 0 spiro atoms. The number of alkyl halides is 2. The van der Waals surface area contributed by atoms with Crippen LogP contribution in [0.3, 0.4) is 0 Å². The predicted molar refractivity (Wildman–Crippen MR) is 78.4 cm³/mol. The SMILES string of the molecule is Cc1c(CNc2cc(Cl)c(OC(F)F)c(Cl)c2)cnn1C. The highest BCUT2D eigenvalue weighted by Gasteiger charge is 2.14. The minimum Gasteiger partial charge on any atom is -0.432 e. The Labute approximate surface area is 130 Å². The number of aryl methyl sites for hydroxylation is 1. The standard InChI is InChI=1S/C13H13Cl2F2N3O/c1-7-8(6-19-20(7)2)5-18-9-3-10(14)12(11(15)4-9)21-13(16)17/h3-4,6,13,18H,5H2,1-2H3. The molecule has 0 aliphatic rings. The van der Waals surface area contributed by atoms with Crippen molar-refractivity contribution < 1.29 is 13.5 Å². The molecule has 4 nitrogen and oxygen atoms in total. The average molecular weight is 336 g/mol. The maximum absolute atomic E-state index is 12.2. The molecule has 0 saturated heterocycles. The second-order valence-corrected chi connectivity index (χ2v) is 5.19. The third kappa shape index (κ3) is 3.77. The third-order valence-electron chi connectivity index (χ3n) is 3.03. The minimum atomic E-state index is -2.98. The van der Waals surface area contributed by atoms with Gasteiger partial charge in [-0.1, -0.05) is 23.2 Å². The largest absolute Gasteiger partial charge is 0.432 e. The van der Waals surface area contributed by atoms with Gasteiger partial charge in [-0.3, -0.25) is 4.68 Å². The van der Waals surface area contributed by atoms with E-state index in [0.717, 1.165) is 11.3 Å². The van der Waals surface area contributed by atoms with Crippen LogP contribution in [0.5, 0.6) is 5.75 Å². The fourth-order valence-electron chi connectivity index (χ4n) is 1.78. The van der Waals surface area contributed by atoms with Crippen molar-refractivity contribution in [3.8, 4) is 5.75 Å². The number of nitrogens with zero attached hydrogens (tertiary/aromatic N) is 2. The molecule has 114 valence electrons. The van der Waals surface area contributed by atoms with E-state index in [2.05, 4.69) is 15.2 Å². The smallest absolute Gasteiger partial charge is 0.387 e. The average Bonchev–Trinajstić information content (AvgIpc) is 2.72. The number of halogens is 4. The van der Waals surface area contributed by atoms with E-state index >= 15 is 0 Å². The summed E-state index contributed by atoms with van der Waals surface area (Å²) in [5.74, 6) is -0.226. The molecule has 1 N–H and O–H groups in total. The summed E-state index contributed by atoms with van der Waals surface area (Å²) in [5.41, 5.74) is 2.64. The molecular formula is C13H13Cl2F2N3O. The minimum absolute atomic E-state index is 0.0215. The van der Waals surface area contributed by atoms with E-state index in [9.17, 15) is 8.78 Å². The molecule has 0 fully saturated rings. The van der Waals surface area contributed by atoms with Crippen LogP contribution in [-0.4, -0.2) is 16.4 Å². The van der Waals surface area contributed by atoms with Crippen molar-refractivity contribution in [1.82, 2.24) is 9.78 Å². The lowest BCUT2D eigenvalue weighted by molar-refractivity contribution is -0.0497. The zero-order valence-corrected chi connectivity index (χ0v) is 12.8. The van der Waals surface area contributed by atoms with Gasteiger partial charge in [0.25, 0.3) is 0 Å². The van der Waals surface area contributed by atoms with Crippen LogP contribution in [0.4, 0.5) is 14.5 Å². The third-order valence-corrected chi connectivity index (χ3v) is 3.59. The predicted octanol–water partition coefficient (Wildman–Crippen LogP) is 4.25. The van der Waals surface area contributed by atoms with Crippen LogP contribution in [-0.2, 0) is 13.6 Å².